The number of pyridine rings is 1. The lowest BCUT2D eigenvalue weighted by atomic mass is 9.94. The van der Waals surface area contributed by atoms with Gasteiger partial charge in [-0.2, -0.15) is 0 Å². The number of nitrogens with zero attached hydrogens (tertiary/aromatic N) is 3. The summed E-state index contributed by atoms with van der Waals surface area (Å²) in [6.07, 6.45) is 4.91. The molecule has 1 heterocycles. The van der Waals surface area contributed by atoms with Gasteiger partial charge in [-0.3, -0.25) is 14.6 Å². The van der Waals surface area contributed by atoms with Crippen LogP contribution in [-0.2, 0) is 16.1 Å². The highest BCUT2D eigenvalue weighted by Gasteiger charge is 2.17. The van der Waals surface area contributed by atoms with Gasteiger partial charge >= 0.3 is 5.97 Å². The van der Waals surface area contributed by atoms with Crippen LogP contribution in [0.5, 0.6) is 0 Å². The van der Waals surface area contributed by atoms with Gasteiger partial charge in [-0.05, 0) is 47.4 Å². The lowest BCUT2D eigenvalue weighted by molar-refractivity contribution is -0.144. The summed E-state index contributed by atoms with van der Waals surface area (Å²) in [5.74, 6) is 4.36. The maximum Gasteiger partial charge on any atom is 0.323 e. The topological polar surface area (TPSA) is 147 Å². The summed E-state index contributed by atoms with van der Waals surface area (Å²) >= 11 is 0. The first-order valence-electron chi connectivity index (χ1n) is 12.8. The summed E-state index contributed by atoms with van der Waals surface area (Å²) in [5, 5.41) is 13.2. The quantitative estimate of drug-likeness (QED) is 0.126. The second-order valence-electron chi connectivity index (χ2n) is 8.75. The van der Waals surface area contributed by atoms with Crippen LogP contribution in [0.3, 0.4) is 0 Å². The minimum atomic E-state index is -1.04. The Hall–Kier alpha value is -4.24. The van der Waals surface area contributed by atoms with E-state index < -0.39 is 5.97 Å². The Bertz CT molecular complexity index is 1200. The number of aliphatic carboxylic acids is 1. The first-order valence-corrected chi connectivity index (χ1v) is 12.8. The number of amidine groups is 1. The van der Waals surface area contributed by atoms with Gasteiger partial charge in [-0.15, -0.1) is 5.10 Å². The first-order chi connectivity index (χ1) is 18.3. The molecule has 0 atom stereocenters. The number of amides is 1. The second kappa shape index (κ2) is 15.8. The summed E-state index contributed by atoms with van der Waals surface area (Å²) in [6, 6.07) is 19.0. The van der Waals surface area contributed by atoms with Gasteiger partial charge in [0.2, 0.25) is 5.91 Å². The van der Waals surface area contributed by atoms with Gasteiger partial charge in [-0.1, -0.05) is 70.0 Å². The van der Waals surface area contributed by atoms with Crippen LogP contribution in [0.2, 0.25) is 0 Å². The van der Waals surface area contributed by atoms with Crippen LogP contribution in [0.15, 0.2) is 72.0 Å². The Balaban J connectivity index is 0.00000161. The van der Waals surface area contributed by atoms with Gasteiger partial charge in [0.05, 0.1) is 5.69 Å². The number of hydrazone groups is 1. The number of nitrogens with two attached hydrogens (primary N) is 2. The third kappa shape index (κ3) is 9.01. The third-order valence-corrected chi connectivity index (χ3v) is 5.50. The van der Waals surface area contributed by atoms with Crippen molar-refractivity contribution in [2.24, 2.45) is 16.7 Å². The molecule has 1 amide bonds. The number of benzene rings is 2. The molecule has 0 fully saturated rings. The average molecular weight is 519 g/mol. The molecule has 3 rings (SSSR count). The minimum Gasteiger partial charge on any atom is -0.480 e. The summed E-state index contributed by atoms with van der Waals surface area (Å²) in [7, 11) is 0. The van der Waals surface area contributed by atoms with E-state index >= 15 is 0 Å². The Labute approximate surface area is 224 Å². The van der Waals surface area contributed by atoms with Crippen molar-refractivity contribution in [1.29, 1.82) is 0 Å². The van der Waals surface area contributed by atoms with Gasteiger partial charge in [0.1, 0.15) is 6.54 Å². The number of aromatic nitrogens is 1. The maximum absolute atomic E-state index is 12.5. The molecule has 9 nitrogen and oxygen atoms in total. The molecule has 0 spiro atoms. The van der Waals surface area contributed by atoms with Crippen molar-refractivity contribution in [3.05, 3.63) is 78.0 Å². The number of rotatable bonds is 11. The highest BCUT2D eigenvalue weighted by Crippen LogP contribution is 2.29. The van der Waals surface area contributed by atoms with Crippen LogP contribution in [0, 0.1) is 0 Å². The molecule has 0 saturated carbocycles. The molecular weight excluding hydrogens is 480 g/mol. The molecule has 9 heteroatoms. The second-order valence-corrected chi connectivity index (χ2v) is 8.75. The normalized spacial score (nSPS) is 10.8. The number of carboxylic acid groups (broad SMARTS) is 1. The molecular formula is C29H38N6O3. The van der Waals surface area contributed by atoms with Gasteiger partial charge in [-0.25, -0.2) is 11.4 Å². The average Bonchev–Trinajstić information content (AvgIpc) is 2.92. The van der Waals surface area contributed by atoms with Gasteiger partial charge in [0, 0.05) is 30.3 Å². The summed E-state index contributed by atoms with van der Waals surface area (Å²) in [5.41, 5.74) is 13.3. The molecule has 0 radical (unpaired) electrons. The van der Waals surface area contributed by atoms with Gasteiger partial charge < -0.3 is 15.7 Å². The molecule has 38 heavy (non-hydrogen) atoms. The first kappa shape index (κ1) is 30.0. The summed E-state index contributed by atoms with van der Waals surface area (Å²) < 4.78 is 0. The van der Waals surface area contributed by atoms with E-state index in [-0.39, 0.29) is 24.8 Å². The number of carbonyl (C=O) groups excluding carboxylic acids is 1. The van der Waals surface area contributed by atoms with Crippen molar-refractivity contribution in [2.45, 2.75) is 53.0 Å². The zero-order chi connectivity index (χ0) is 27.9. The van der Waals surface area contributed by atoms with Crippen molar-refractivity contribution in [3.63, 3.8) is 0 Å². The molecule has 0 aliphatic carbocycles. The molecule has 0 unspecified atom stereocenters. The van der Waals surface area contributed by atoms with Gasteiger partial charge in [0.15, 0.2) is 5.84 Å². The van der Waals surface area contributed by atoms with E-state index in [0.717, 1.165) is 40.8 Å². The largest absolute Gasteiger partial charge is 0.480 e. The number of hydrogen-bond acceptors (Lipinski definition) is 6. The molecule has 0 saturated heterocycles. The highest BCUT2D eigenvalue weighted by molar-refractivity contribution is 6.04. The SMILES string of the molecule is CCC.CCCCC(=O)N(CC(=O)O)Cc1ccc(-c2cc(-c3ccccn3)ccc2/C(N)=N/NN)cc1. The number of carboxylic acids is 1. The summed E-state index contributed by atoms with van der Waals surface area (Å²) in [6.45, 7) is 6.13. The molecule has 202 valence electrons. The smallest absolute Gasteiger partial charge is 0.323 e. The van der Waals surface area contributed by atoms with E-state index in [1.54, 1.807) is 6.20 Å². The van der Waals surface area contributed by atoms with Crippen molar-refractivity contribution >= 4 is 17.7 Å². The van der Waals surface area contributed by atoms with Crippen LogP contribution >= 0.6 is 0 Å². The van der Waals surface area contributed by atoms with E-state index in [9.17, 15) is 14.7 Å². The fourth-order valence-electron chi connectivity index (χ4n) is 3.72. The van der Waals surface area contributed by atoms with Crippen LogP contribution in [0.1, 0.15) is 57.6 Å². The van der Waals surface area contributed by atoms with E-state index in [2.05, 4.69) is 29.5 Å². The van der Waals surface area contributed by atoms with Crippen LogP contribution < -0.4 is 17.1 Å². The Morgan fingerprint density at radius 2 is 1.71 bits per heavy atom. The highest BCUT2D eigenvalue weighted by atomic mass is 16.4. The molecule has 0 bridgehead atoms. The van der Waals surface area contributed by atoms with Crippen molar-refractivity contribution in [1.82, 2.24) is 15.4 Å². The molecule has 1 aromatic heterocycles. The molecule has 3 aromatic rings. The number of unbranched alkanes of at least 4 members (excludes halogenated alkanes) is 1. The maximum atomic E-state index is 12.5. The lowest BCUT2D eigenvalue weighted by Gasteiger charge is -2.21. The van der Waals surface area contributed by atoms with E-state index in [0.29, 0.717) is 12.0 Å². The monoisotopic (exact) mass is 518 g/mol. The third-order valence-electron chi connectivity index (χ3n) is 5.50. The van der Waals surface area contributed by atoms with Crippen molar-refractivity contribution < 1.29 is 14.7 Å². The zero-order valence-corrected chi connectivity index (χ0v) is 22.4. The van der Waals surface area contributed by atoms with Gasteiger partial charge in [0.25, 0.3) is 0 Å². The fourth-order valence-corrected chi connectivity index (χ4v) is 3.72. The molecule has 2 aromatic carbocycles. The summed E-state index contributed by atoms with van der Waals surface area (Å²) in [4.78, 5) is 29.6. The zero-order valence-electron chi connectivity index (χ0n) is 22.4. The lowest BCUT2D eigenvalue weighted by Crippen LogP contribution is -2.35. The van der Waals surface area contributed by atoms with Crippen LogP contribution in [-0.4, -0.2) is 39.2 Å². The number of nitrogens with one attached hydrogen (secondary N) is 1. The van der Waals surface area contributed by atoms with E-state index in [4.69, 9.17) is 11.6 Å². The Morgan fingerprint density at radius 1 is 1.03 bits per heavy atom. The predicted octanol–water partition coefficient (Wildman–Crippen LogP) is 4.52. The fraction of sp³-hybridized carbons (Fsp3) is 0.310. The number of carbonyl (C=O) groups is 2. The minimum absolute atomic E-state index is 0.165. The Morgan fingerprint density at radius 3 is 2.29 bits per heavy atom. The van der Waals surface area contributed by atoms with Crippen molar-refractivity contribution in [2.75, 3.05) is 6.54 Å². The number of hydrazine groups is 1. The van der Waals surface area contributed by atoms with Crippen molar-refractivity contribution in [3.8, 4) is 22.4 Å². The molecule has 6 N–H and O–H groups in total. The van der Waals surface area contributed by atoms with Crippen LogP contribution in [0.4, 0.5) is 0 Å². The van der Waals surface area contributed by atoms with Crippen LogP contribution in [0.25, 0.3) is 22.4 Å². The van der Waals surface area contributed by atoms with E-state index in [1.165, 1.54) is 11.3 Å². The Kier molecular flexibility index (Phi) is 12.5. The number of hydrogen-bond donors (Lipinski definition) is 4. The van der Waals surface area contributed by atoms with E-state index in [1.807, 2.05) is 67.6 Å². The molecule has 0 aliphatic rings. The predicted molar refractivity (Wildman–Crippen MR) is 152 cm³/mol. The molecule has 0 aliphatic heterocycles. The standard InChI is InChI=1S/C26H30N6O3.C3H8/c1-2-3-7-24(33)32(17-25(34)35)16-18-8-10-19(11-9-18)22-15-20(23-6-4-5-14-29-23)12-13-21(22)26(27)30-31-28;1-3-2/h4-6,8-15,31H,2-3,7,16-17,28H2,1H3,(H2,27,30)(H,34,35);3H2,1-2H3.